The maximum Gasteiger partial charge on any atom is 0.277 e. The Bertz CT molecular complexity index is 414. The van der Waals surface area contributed by atoms with Crippen LogP contribution in [-0.2, 0) is 5.92 Å². The third-order valence-corrected chi connectivity index (χ3v) is 3.59. The van der Waals surface area contributed by atoms with Crippen molar-refractivity contribution in [3.63, 3.8) is 0 Å². The molecule has 0 bridgehead atoms. The second kappa shape index (κ2) is 5.22. The number of piperidine rings is 1. The highest BCUT2D eigenvalue weighted by molar-refractivity contribution is 5.38. The summed E-state index contributed by atoms with van der Waals surface area (Å²) in [5.74, 6) is -2.74. The lowest BCUT2D eigenvalue weighted by Crippen LogP contribution is -2.39. The van der Waals surface area contributed by atoms with Crippen LogP contribution in [0.4, 0.5) is 8.78 Å². The summed E-state index contributed by atoms with van der Waals surface area (Å²) in [6, 6.07) is 4.63. The minimum Gasteiger partial charge on any atom is -0.496 e. The fourth-order valence-corrected chi connectivity index (χ4v) is 2.48. The van der Waals surface area contributed by atoms with Gasteiger partial charge < -0.3 is 10.1 Å². The van der Waals surface area contributed by atoms with E-state index >= 15 is 0 Å². The first-order chi connectivity index (χ1) is 8.55. The van der Waals surface area contributed by atoms with Crippen LogP contribution in [0.2, 0.25) is 0 Å². The first-order valence-corrected chi connectivity index (χ1v) is 6.29. The molecule has 0 saturated carbocycles. The van der Waals surface area contributed by atoms with Crippen molar-refractivity contribution in [2.24, 2.45) is 5.92 Å². The molecule has 1 N–H and O–H groups in total. The number of methoxy groups -OCH3 is 1. The Morgan fingerprint density at radius 1 is 1.39 bits per heavy atom. The maximum atomic E-state index is 14.4. The van der Waals surface area contributed by atoms with E-state index in [1.807, 2.05) is 0 Å². The monoisotopic (exact) mass is 255 g/mol. The highest BCUT2D eigenvalue weighted by Crippen LogP contribution is 2.40. The van der Waals surface area contributed by atoms with Crippen LogP contribution in [0.5, 0.6) is 5.75 Å². The van der Waals surface area contributed by atoms with E-state index in [-0.39, 0.29) is 5.56 Å². The molecule has 0 aromatic heterocycles. The molecule has 1 heterocycles. The lowest BCUT2D eigenvalue weighted by molar-refractivity contribution is -0.0725. The van der Waals surface area contributed by atoms with Gasteiger partial charge in [0.2, 0.25) is 0 Å². The second-order valence-electron chi connectivity index (χ2n) is 4.85. The molecule has 0 radical (unpaired) electrons. The van der Waals surface area contributed by atoms with Gasteiger partial charge in [0.25, 0.3) is 5.92 Å². The van der Waals surface area contributed by atoms with E-state index < -0.39 is 11.8 Å². The van der Waals surface area contributed by atoms with Crippen LogP contribution in [-0.4, -0.2) is 20.2 Å². The van der Waals surface area contributed by atoms with E-state index in [1.165, 1.54) is 12.1 Å². The molecule has 2 rings (SSSR count). The smallest absolute Gasteiger partial charge is 0.277 e. The highest BCUT2D eigenvalue weighted by Gasteiger charge is 2.41. The van der Waals surface area contributed by atoms with Gasteiger partial charge in [-0.15, -0.1) is 0 Å². The Morgan fingerprint density at radius 3 is 2.72 bits per heavy atom. The number of halogens is 2. The fraction of sp³-hybridized carbons (Fsp3) is 0.571. The average molecular weight is 255 g/mol. The van der Waals surface area contributed by atoms with Gasteiger partial charge in [0.05, 0.1) is 7.11 Å². The van der Waals surface area contributed by atoms with Crippen molar-refractivity contribution in [1.29, 1.82) is 0 Å². The molecular formula is C14H19F2NO. The van der Waals surface area contributed by atoms with Gasteiger partial charge in [-0.1, -0.05) is 0 Å². The molecule has 0 aliphatic carbocycles. The predicted octanol–water partition coefficient (Wildman–Crippen LogP) is 3.10. The van der Waals surface area contributed by atoms with Crippen LogP contribution in [0.1, 0.15) is 24.0 Å². The molecule has 100 valence electrons. The van der Waals surface area contributed by atoms with Crippen molar-refractivity contribution in [1.82, 2.24) is 5.32 Å². The lowest BCUT2D eigenvalue weighted by atomic mass is 9.88. The summed E-state index contributed by atoms with van der Waals surface area (Å²) in [5.41, 5.74) is 0.841. The Balaban J connectivity index is 2.25. The Kier molecular flexibility index (Phi) is 3.85. The van der Waals surface area contributed by atoms with Gasteiger partial charge in [-0.3, -0.25) is 0 Å². The topological polar surface area (TPSA) is 21.3 Å². The Hall–Kier alpha value is -1.16. The van der Waals surface area contributed by atoms with Crippen molar-refractivity contribution in [2.75, 3.05) is 20.2 Å². The summed E-state index contributed by atoms with van der Waals surface area (Å²) < 4.78 is 33.9. The molecule has 1 aromatic rings. The molecule has 1 aromatic carbocycles. The van der Waals surface area contributed by atoms with E-state index in [0.717, 1.165) is 18.5 Å². The van der Waals surface area contributed by atoms with Gasteiger partial charge in [0, 0.05) is 18.0 Å². The lowest BCUT2D eigenvalue weighted by Gasteiger charge is -2.31. The van der Waals surface area contributed by atoms with E-state index in [0.29, 0.717) is 18.7 Å². The molecule has 18 heavy (non-hydrogen) atoms. The molecule has 1 atom stereocenters. The first-order valence-electron chi connectivity index (χ1n) is 6.29. The van der Waals surface area contributed by atoms with Gasteiger partial charge in [-0.2, -0.15) is 0 Å². The largest absolute Gasteiger partial charge is 0.496 e. The Morgan fingerprint density at radius 2 is 2.17 bits per heavy atom. The SMILES string of the molecule is COc1ccc(C(F)(F)C2CCCNC2)cc1C. The summed E-state index contributed by atoms with van der Waals surface area (Å²) in [4.78, 5) is 0. The molecule has 2 nitrogen and oxygen atoms in total. The number of rotatable bonds is 3. The molecule has 1 aliphatic rings. The number of alkyl halides is 2. The molecule has 1 unspecified atom stereocenters. The van der Waals surface area contributed by atoms with Crippen LogP contribution >= 0.6 is 0 Å². The van der Waals surface area contributed by atoms with E-state index in [9.17, 15) is 8.78 Å². The van der Waals surface area contributed by atoms with Gasteiger partial charge >= 0.3 is 0 Å². The normalized spacial score (nSPS) is 20.8. The quantitative estimate of drug-likeness (QED) is 0.896. The second-order valence-corrected chi connectivity index (χ2v) is 4.85. The molecule has 0 amide bonds. The standard InChI is InChI=1S/C14H19F2NO/c1-10-8-11(5-6-13(10)18-2)14(15,16)12-4-3-7-17-9-12/h5-6,8,12,17H,3-4,7,9H2,1-2H3. The summed E-state index contributed by atoms with van der Waals surface area (Å²) >= 11 is 0. The van der Waals surface area contributed by atoms with Crippen molar-refractivity contribution in [2.45, 2.75) is 25.7 Å². The Labute approximate surface area is 106 Å². The number of hydrogen-bond acceptors (Lipinski definition) is 2. The molecule has 0 spiro atoms. The molecule has 1 saturated heterocycles. The summed E-state index contributed by atoms with van der Waals surface area (Å²) in [6.07, 6.45) is 1.39. The van der Waals surface area contributed by atoms with Crippen LogP contribution in [0.3, 0.4) is 0 Å². The number of benzene rings is 1. The van der Waals surface area contributed by atoms with Gasteiger partial charge in [0.15, 0.2) is 0 Å². The number of aryl methyl sites for hydroxylation is 1. The van der Waals surface area contributed by atoms with E-state index in [1.54, 1.807) is 20.1 Å². The summed E-state index contributed by atoms with van der Waals surface area (Å²) in [6.45, 7) is 3.02. The number of nitrogens with one attached hydrogen (secondary N) is 1. The van der Waals surface area contributed by atoms with Crippen molar-refractivity contribution < 1.29 is 13.5 Å². The number of ether oxygens (including phenoxy) is 1. The van der Waals surface area contributed by atoms with Gasteiger partial charge in [0.1, 0.15) is 5.75 Å². The van der Waals surface area contributed by atoms with Gasteiger partial charge in [-0.25, -0.2) is 8.78 Å². The third kappa shape index (κ3) is 2.48. The van der Waals surface area contributed by atoms with Gasteiger partial charge in [-0.05, 0) is 50.1 Å². The fourth-order valence-electron chi connectivity index (χ4n) is 2.48. The van der Waals surface area contributed by atoms with Crippen LogP contribution < -0.4 is 10.1 Å². The maximum absolute atomic E-state index is 14.4. The van der Waals surface area contributed by atoms with Crippen LogP contribution in [0.15, 0.2) is 18.2 Å². The summed E-state index contributed by atoms with van der Waals surface area (Å²) in [5, 5.41) is 3.04. The van der Waals surface area contributed by atoms with E-state index in [2.05, 4.69) is 5.32 Å². The minimum absolute atomic E-state index is 0.0921. The summed E-state index contributed by atoms with van der Waals surface area (Å²) in [7, 11) is 1.55. The van der Waals surface area contributed by atoms with Crippen LogP contribution in [0.25, 0.3) is 0 Å². The molecule has 1 aliphatic heterocycles. The molecule has 1 fully saturated rings. The molecule has 4 heteroatoms. The van der Waals surface area contributed by atoms with Crippen molar-refractivity contribution >= 4 is 0 Å². The predicted molar refractivity (Wildman–Crippen MR) is 67.2 cm³/mol. The minimum atomic E-state index is -2.77. The first kappa shape index (κ1) is 13.3. The van der Waals surface area contributed by atoms with Crippen molar-refractivity contribution in [3.8, 4) is 5.75 Å². The van der Waals surface area contributed by atoms with Crippen molar-refractivity contribution in [3.05, 3.63) is 29.3 Å². The average Bonchev–Trinajstić information content (AvgIpc) is 2.39. The number of hydrogen-bond donors (Lipinski definition) is 1. The zero-order chi connectivity index (χ0) is 13.2. The zero-order valence-electron chi connectivity index (χ0n) is 10.8. The third-order valence-electron chi connectivity index (χ3n) is 3.59. The van der Waals surface area contributed by atoms with E-state index in [4.69, 9.17) is 4.74 Å². The molecular weight excluding hydrogens is 236 g/mol. The zero-order valence-corrected chi connectivity index (χ0v) is 10.8. The highest BCUT2D eigenvalue weighted by atomic mass is 19.3. The van der Waals surface area contributed by atoms with Crippen LogP contribution in [0, 0.1) is 12.8 Å².